The van der Waals surface area contributed by atoms with E-state index in [2.05, 4.69) is 5.10 Å². The predicted octanol–water partition coefficient (Wildman–Crippen LogP) is 2.19. The number of aryl methyl sites for hydroxylation is 2. The van der Waals surface area contributed by atoms with Crippen molar-refractivity contribution in [2.24, 2.45) is 7.05 Å². The summed E-state index contributed by atoms with van der Waals surface area (Å²) in [7, 11) is 3.55. The van der Waals surface area contributed by atoms with E-state index in [-0.39, 0.29) is 5.78 Å². The van der Waals surface area contributed by atoms with Crippen molar-refractivity contribution in [2.75, 3.05) is 7.11 Å². The van der Waals surface area contributed by atoms with Crippen LogP contribution < -0.4 is 0 Å². The number of carbonyl (C=O) groups is 1. The molecule has 0 bridgehead atoms. The number of Topliss-reactive ketones (excluding diaryl/α,β-unsaturated/α-hetero) is 1. The standard InChI is InChI=1S/C14H22N2O2/c1-11-9-12(16(2)15-11)10-13(17)14(18-3)7-5-4-6-8-14/h9H,4-8,10H2,1-3H3. The number of methoxy groups -OCH3 is 1. The van der Waals surface area contributed by atoms with Crippen LogP contribution in [0.5, 0.6) is 0 Å². The topological polar surface area (TPSA) is 44.1 Å². The Bertz CT molecular complexity index is 431. The van der Waals surface area contributed by atoms with Crippen molar-refractivity contribution in [3.05, 3.63) is 17.5 Å². The first-order valence-electron chi connectivity index (χ1n) is 6.65. The van der Waals surface area contributed by atoms with Crippen molar-refractivity contribution in [3.63, 3.8) is 0 Å². The Morgan fingerprint density at radius 1 is 1.44 bits per heavy atom. The van der Waals surface area contributed by atoms with Crippen LogP contribution in [0.4, 0.5) is 0 Å². The summed E-state index contributed by atoms with van der Waals surface area (Å²) in [6.07, 6.45) is 5.53. The molecule has 1 aliphatic rings. The molecule has 1 heterocycles. The highest BCUT2D eigenvalue weighted by Gasteiger charge is 2.39. The van der Waals surface area contributed by atoms with Gasteiger partial charge in [-0.3, -0.25) is 9.48 Å². The summed E-state index contributed by atoms with van der Waals surface area (Å²) in [5, 5.41) is 4.28. The van der Waals surface area contributed by atoms with Gasteiger partial charge in [-0.2, -0.15) is 5.10 Å². The lowest BCUT2D eigenvalue weighted by molar-refractivity contribution is -0.144. The number of aromatic nitrogens is 2. The quantitative estimate of drug-likeness (QED) is 0.822. The van der Waals surface area contributed by atoms with Crippen LogP contribution in [0.1, 0.15) is 43.5 Å². The Kier molecular flexibility index (Phi) is 3.85. The lowest BCUT2D eigenvalue weighted by atomic mass is 9.80. The van der Waals surface area contributed by atoms with E-state index in [1.54, 1.807) is 11.8 Å². The van der Waals surface area contributed by atoms with E-state index in [9.17, 15) is 4.79 Å². The van der Waals surface area contributed by atoms with Gasteiger partial charge >= 0.3 is 0 Å². The van der Waals surface area contributed by atoms with E-state index in [0.717, 1.165) is 37.1 Å². The van der Waals surface area contributed by atoms with Crippen LogP contribution in [0.2, 0.25) is 0 Å². The third-order valence-electron chi connectivity index (χ3n) is 4.00. The van der Waals surface area contributed by atoms with Gasteiger partial charge in [0, 0.05) is 19.9 Å². The molecule has 1 aliphatic carbocycles. The van der Waals surface area contributed by atoms with Gasteiger partial charge in [0.25, 0.3) is 0 Å². The average molecular weight is 250 g/mol. The van der Waals surface area contributed by atoms with Crippen LogP contribution in [-0.2, 0) is 23.0 Å². The van der Waals surface area contributed by atoms with Crippen molar-refractivity contribution < 1.29 is 9.53 Å². The molecule has 0 spiro atoms. The normalized spacial score (nSPS) is 18.8. The van der Waals surface area contributed by atoms with Gasteiger partial charge in [-0.25, -0.2) is 0 Å². The largest absolute Gasteiger partial charge is 0.370 e. The fourth-order valence-electron chi connectivity index (χ4n) is 2.87. The van der Waals surface area contributed by atoms with Crippen LogP contribution in [0.3, 0.4) is 0 Å². The highest BCUT2D eigenvalue weighted by Crippen LogP contribution is 2.32. The highest BCUT2D eigenvalue weighted by atomic mass is 16.5. The summed E-state index contributed by atoms with van der Waals surface area (Å²) in [4.78, 5) is 12.5. The monoisotopic (exact) mass is 250 g/mol. The number of carbonyl (C=O) groups excluding carboxylic acids is 1. The zero-order valence-electron chi connectivity index (χ0n) is 11.5. The zero-order valence-corrected chi connectivity index (χ0v) is 11.5. The molecule has 18 heavy (non-hydrogen) atoms. The van der Waals surface area contributed by atoms with E-state index < -0.39 is 5.60 Å². The number of rotatable bonds is 4. The maximum absolute atomic E-state index is 12.5. The number of ketones is 1. The first kappa shape index (κ1) is 13.3. The lowest BCUT2D eigenvalue weighted by Gasteiger charge is -2.34. The minimum atomic E-state index is -0.545. The molecule has 0 unspecified atom stereocenters. The Morgan fingerprint density at radius 2 is 2.11 bits per heavy atom. The van der Waals surface area contributed by atoms with Gasteiger partial charge in [0.05, 0.1) is 12.1 Å². The lowest BCUT2D eigenvalue weighted by Crippen LogP contribution is -2.43. The number of hydrogen-bond donors (Lipinski definition) is 0. The first-order valence-corrected chi connectivity index (χ1v) is 6.65. The van der Waals surface area contributed by atoms with Crippen molar-refractivity contribution >= 4 is 5.78 Å². The maximum Gasteiger partial charge on any atom is 0.170 e. The molecule has 2 rings (SSSR count). The molecule has 4 nitrogen and oxygen atoms in total. The number of ether oxygens (including phenoxy) is 1. The van der Waals surface area contributed by atoms with Gasteiger partial charge in [0.1, 0.15) is 5.60 Å². The Labute approximate surface area is 108 Å². The molecule has 0 saturated heterocycles. The number of nitrogens with zero attached hydrogens (tertiary/aromatic N) is 2. The first-order chi connectivity index (χ1) is 8.57. The molecule has 1 aromatic heterocycles. The van der Waals surface area contributed by atoms with Crippen molar-refractivity contribution in [3.8, 4) is 0 Å². The van der Waals surface area contributed by atoms with Gasteiger partial charge in [-0.15, -0.1) is 0 Å². The second kappa shape index (κ2) is 5.22. The molecule has 1 aromatic rings. The Balaban J connectivity index is 2.12. The van der Waals surface area contributed by atoms with Crippen molar-refractivity contribution in [2.45, 2.75) is 51.0 Å². The molecule has 0 atom stereocenters. The van der Waals surface area contributed by atoms with E-state index >= 15 is 0 Å². The second-order valence-corrected chi connectivity index (χ2v) is 5.26. The highest BCUT2D eigenvalue weighted by molar-refractivity contribution is 5.89. The van der Waals surface area contributed by atoms with Gasteiger partial charge in [0.2, 0.25) is 0 Å². The van der Waals surface area contributed by atoms with Gasteiger partial charge in [-0.1, -0.05) is 19.3 Å². The Morgan fingerprint density at radius 3 is 2.61 bits per heavy atom. The minimum Gasteiger partial charge on any atom is -0.370 e. The molecule has 0 radical (unpaired) electrons. The van der Waals surface area contributed by atoms with Gasteiger partial charge < -0.3 is 4.74 Å². The third kappa shape index (κ3) is 2.48. The number of hydrogen-bond acceptors (Lipinski definition) is 3. The van der Waals surface area contributed by atoms with Crippen molar-refractivity contribution in [1.29, 1.82) is 0 Å². The third-order valence-corrected chi connectivity index (χ3v) is 4.00. The molecule has 0 amide bonds. The molecular weight excluding hydrogens is 228 g/mol. The molecule has 4 heteroatoms. The molecule has 1 saturated carbocycles. The smallest absolute Gasteiger partial charge is 0.170 e. The van der Waals surface area contributed by atoms with Crippen LogP contribution in [-0.4, -0.2) is 28.3 Å². The molecule has 0 N–H and O–H groups in total. The summed E-state index contributed by atoms with van der Waals surface area (Å²) in [5.74, 6) is 0.202. The second-order valence-electron chi connectivity index (χ2n) is 5.26. The summed E-state index contributed by atoms with van der Waals surface area (Å²) in [5.41, 5.74) is 1.38. The van der Waals surface area contributed by atoms with Crippen LogP contribution in [0.15, 0.2) is 6.07 Å². The predicted molar refractivity (Wildman–Crippen MR) is 69.5 cm³/mol. The molecular formula is C14H22N2O2. The maximum atomic E-state index is 12.5. The van der Waals surface area contributed by atoms with E-state index in [1.807, 2.05) is 20.0 Å². The van der Waals surface area contributed by atoms with E-state index in [1.165, 1.54) is 6.42 Å². The summed E-state index contributed by atoms with van der Waals surface area (Å²) < 4.78 is 7.37. The molecule has 0 aromatic carbocycles. The fourth-order valence-corrected chi connectivity index (χ4v) is 2.87. The van der Waals surface area contributed by atoms with Crippen LogP contribution in [0, 0.1) is 6.92 Å². The summed E-state index contributed by atoms with van der Waals surface area (Å²) >= 11 is 0. The zero-order chi connectivity index (χ0) is 13.2. The van der Waals surface area contributed by atoms with Crippen LogP contribution >= 0.6 is 0 Å². The minimum absolute atomic E-state index is 0.202. The fraction of sp³-hybridized carbons (Fsp3) is 0.714. The van der Waals surface area contributed by atoms with E-state index in [0.29, 0.717) is 6.42 Å². The summed E-state index contributed by atoms with van der Waals surface area (Å²) in [6.45, 7) is 1.95. The summed E-state index contributed by atoms with van der Waals surface area (Å²) in [6, 6.07) is 1.98. The molecule has 100 valence electrons. The van der Waals surface area contributed by atoms with Crippen LogP contribution in [0.25, 0.3) is 0 Å². The molecule has 0 aliphatic heterocycles. The van der Waals surface area contributed by atoms with Gasteiger partial charge in [0.15, 0.2) is 5.78 Å². The molecule has 1 fully saturated rings. The SMILES string of the molecule is COC1(C(=O)Cc2cc(C)nn2C)CCCCC1. The Hall–Kier alpha value is -1.16. The van der Waals surface area contributed by atoms with Gasteiger partial charge in [-0.05, 0) is 25.8 Å². The van der Waals surface area contributed by atoms with Crippen molar-refractivity contribution in [1.82, 2.24) is 9.78 Å². The van der Waals surface area contributed by atoms with E-state index in [4.69, 9.17) is 4.74 Å². The average Bonchev–Trinajstić information content (AvgIpc) is 2.68.